The van der Waals surface area contributed by atoms with Gasteiger partial charge in [-0.1, -0.05) is 36.4 Å². The summed E-state index contributed by atoms with van der Waals surface area (Å²) < 4.78 is 5.68. The van der Waals surface area contributed by atoms with Crippen molar-refractivity contribution in [3.05, 3.63) is 82.7 Å². The lowest BCUT2D eigenvalue weighted by molar-refractivity contribution is 0.102. The van der Waals surface area contributed by atoms with Crippen molar-refractivity contribution in [2.24, 2.45) is 0 Å². The highest BCUT2D eigenvalue weighted by atomic mass is 32.1. The first-order valence-electron chi connectivity index (χ1n) is 8.21. The third-order valence-corrected chi connectivity index (χ3v) is 5.37. The highest BCUT2D eigenvalue weighted by Crippen LogP contribution is 2.28. The molecule has 0 radical (unpaired) electrons. The van der Waals surface area contributed by atoms with E-state index in [-0.39, 0.29) is 5.91 Å². The van der Waals surface area contributed by atoms with Crippen LogP contribution >= 0.6 is 22.7 Å². The summed E-state index contributed by atoms with van der Waals surface area (Å²) in [6, 6.07) is 17.1. The second kappa shape index (κ2) is 8.11. The van der Waals surface area contributed by atoms with Crippen LogP contribution in [-0.4, -0.2) is 15.9 Å². The molecule has 0 aliphatic heterocycles. The molecule has 7 heteroatoms. The van der Waals surface area contributed by atoms with Gasteiger partial charge < -0.3 is 4.74 Å². The van der Waals surface area contributed by atoms with Gasteiger partial charge in [-0.2, -0.15) is 0 Å². The number of hydrogen-bond acceptors (Lipinski definition) is 6. The van der Waals surface area contributed by atoms with E-state index in [0.29, 0.717) is 23.2 Å². The summed E-state index contributed by atoms with van der Waals surface area (Å²) in [6.07, 6.45) is 1.56. The van der Waals surface area contributed by atoms with Crippen LogP contribution in [0.25, 0.3) is 10.6 Å². The van der Waals surface area contributed by atoms with Crippen molar-refractivity contribution < 1.29 is 9.53 Å². The molecule has 1 N–H and O–H groups in total. The van der Waals surface area contributed by atoms with E-state index < -0.39 is 0 Å². The van der Waals surface area contributed by atoms with Gasteiger partial charge >= 0.3 is 0 Å². The smallest absolute Gasteiger partial charge is 0.257 e. The molecule has 4 aromatic rings. The molecule has 0 atom stereocenters. The molecule has 0 aliphatic carbocycles. The van der Waals surface area contributed by atoms with Crippen LogP contribution in [0.4, 0.5) is 5.13 Å². The molecule has 0 spiro atoms. The predicted octanol–water partition coefficient (Wildman–Crippen LogP) is 5.10. The van der Waals surface area contributed by atoms with Crippen molar-refractivity contribution in [3.8, 4) is 16.5 Å². The third-order valence-electron chi connectivity index (χ3n) is 3.72. The first-order chi connectivity index (χ1) is 13.3. The number of hydrogen-bond donors (Lipinski definition) is 1. The van der Waals surface area contributed by atoms with Gasteiger partial charge in [0.2, 0.25) is 5.88 Å². The van der Waals surface area contributed by atoms with Crippen LogP contribution in [0.2, 0.25) is 0 Å². The van der Waals surface area contributed by atoms with E-state index in [9.17, 15) is 4.79 Å². The van der Waals surface area contributed by atoms with Gasteiger partial charge in [0, 0.05) is 23.2 Å². The van der Waals surface area contributed by atoms with Crippen LogP contribution in [0, 0.1) is 0 Å². The fourth-order valence-electron chi connectivity index (χ4n) is 2.40. The Morgan fingerprint density at radius 2 is 1.96 bits per heavy atom. The van der Waals surface area contributed by atoms with Gasteiger partial charge in [0.1, 0.15) is 6.61 Å². The van der Waals surface area contributed by atoms with Crippen molar-refractivity contribution in [1.82, 2.24) is 9.97 Å². The molecule has 0 bridgehead atoms. The Morgan fingerprint density at radius 3 is 2.78 bits per heavy atom. The summed E-state index contributed by atoms with van der Waals surface area (Å²) in [7, 11) is 0. The van der Waals surface area contributed by atoms with Crippen molar-refractivity contribution in [1.29, 1.82) is 0 Å². The van der Waals surface area contributed by atoms with Crippen LogP contribution in [0.15, 0.2) is 71.6 Å². The van der Waals surface area contributed by atoms with Crippen molar-refractivity contribution in [2.75, 3.05) is 5.32 Å². The molecule has 3 aromatic heterocycles. The molecule has 0 aliphatic rings. The zero-order chi connectivity index (χ0) is 18.5. The van der Waals surface area contributed by atoms with Crippen molar-refractivity contribution in [3.63, 3.8) is 0 Å². The Kier molecular flexibility index (Phi) is 5.22. The van der Waals surface area contributed by atoms with Gasteiger partial charge in [0.05, 0.1) is 10.6 Å². The monoisotopic (exact) mass is 393 g/mol. The highest BCUT2D eigenvalue weighted by Gasteiger charge is 2.12. The van der Waals surface area contributed by atoms with E-state index in [0.717, 1.165) is 16.1 Å². The Morgan fingerprint density at radius 1 is 1.07 bits per heavy atom. The molecule has 1 aromatic carbocycles. The summed E-state index contributed by atoms with van der Waals surface area (Å²) >= 11 is 3.02. The lowest BCUT2D eigenvalue weighted by atomic mass is 10.2. The molecule has 134 valence electrons. The normalized spacial score (nSPS) is 10.5. The summed E-state index contributed by atoms with van der Waals surface area (Å²) in [6.45, 7) is 0.398. The maximum Gasteiger partial charge on any atom is 0.257 e. The molecule has 0 unspecified atom stereocenters. The van der Waals surface area contributed by atoms with E-state index in [1.165, 1.54) is 11.3 Å². The number of rotatable bonds is 6. The van der Waals surface area contributed by atoms with Gasteiger partial charge in [-0.25, -0.2) is 9.97 Å². The summed E-state index contributed by atoms with van der Waals surface area (Å²) in [4.78, 5) is 22.2. The van der Waals surface area contributed by atoms with E-state index in [1.54, 1.807) is 29.7 Å². The van der Waals surface area contributed by atoms with E-state index in [2.05, 4.69) is 15.3 Å². The molecule has 3 heterocycles. The number of nitrogens with one attached hydrogen (secondary N) is 1. The minimum Gasteiger partial charge on any atom is -0.473 e. The minimum absolute atomic E-state index is 0.242. The standard InChI is InChI=1S/C20H15N3O2S2/c24-19(23-20-22-16(13-27-20)17-7-4-10-26-17)15-8-9-21-18(11-15)25-12-14-5-2-1-3-6-14/h1-11,13H,12H2,(H,22,23,24). The fourth-order valence-corrected chi connectivity index (χ4v) is 3.87. The van der Waals surface area contributed by atoms with Crippen LogP contribution in [-0.2, 0) is 6.61 Å². The minimum atomic E-state index is -0.242. The number of ether oxygens (including phenoxy) is 1. The lowest BCUT2D eigenvalue weighted by Gasteiger charge is -2.07. The lowest BCUT2D eigenvalue weighted by Crippen LogP contribution is -2.12. The SMILES string of the molecule is O=C(Nc1nc(-c2cccs2)cs1)c1ccnc(OCc2ccccc2)c1. The van der Waals surface area contributed by atoms with Crippen LogP contribution in [0.5, 0.6) is 5.88 Å². The molecular weight excluding hydrogens is 378 g/mol. The zero-order valence-corrected chi connectivity index (χ0v) is 15.8. The number of pyridine rings is 1. The fraction of sp³-hybridized carbons (Fsp3) is 0.0500. The third kappa shape index (κ3) is 4.39. The Hall–Kier alpha value is -3.03. The number of thiophene rings is 1. The topological polar surface area (TPSA) is 64.1 Å². The van der Waals surface area contributed by atoms with Crippen LogP contribution in [0.3, 0.4) is 0 Å². The molecule has 0 saturated heterocycles. The molecule has 1 amide bonds. The number of anilines is 1. The Labute approximate surface area is 164 Å². The van der Waals surface area contributed by atoms with E-state index in [4.69, 9.17) is 4.74 Å². The molecule has 0 saturated carbocycles. The Bertz CT molecular complexity index is 1030. The van der Waals surface area contributed by atoms with Crippen LogP contribution < -0.4 is 10.1 Å². The second-order valence-electron chi connectivity index (χ2n) is 5.63. The average Bonchev–Trinajstić information content (AvgIpc) is 3.39. The predicted molar refractivity (Wildman–Crippen MR) is 108 cm³/mol. The summed E-state index contributed by atoms with van der Waals surface area (Å²) in [5.74, 6) is 0.166. The zero-order valence-electron chi connectivity index (χ0n) is 14.2. The number of nitrogens with zero attached hydrogens (tertiary/aromatic N) is 2. The number of amides is 1. The molecule has 27 heavy (non-hydrogen) atoms. The van der Waals surface area contributed by atoms with Gasteiger partial charge in [-0.15, -0.1) is 22.7 Å². The second-order valence-corrected chi connectivity index (χ2v) is 7.43. The maximum absolute atomic E-state index is 12.5. The average molecular weight is 393 g/mol. The van der Waals surface area contributed by atoms with Gasteiger partial charge in [0.25, 0.3) is 5.91 Å². The van der Waals surface area contributed by atoms with Crippen molar-refractivity contribution >= 4 is 33.7 Å². The first-order valence-corrected chi connectivity index (χ1v) is 9.97. The first kappa shape index (κ1) is 17.4. The quantitative estimate of drug-likeness (QED) is 0.495. The number of benzene rings is 1. The van der Waals surface area contributed by atoms with Gasteiger partial charge in [-0.05, 0) is 23.1 Å². The molecule has 4 rings (SSSR count). The van der Waals surface area contributed by atoms with E-state index in [1.807, 2.05) is 53.2 Å². The number of carbonyl (C=O) groups excluding carboxylic acids is 1. The summed E-state index contributed by atoms with van der Waals surface area (Å²) in [5, 5.41) is 7.33. The molecular formula is C20H15N3O2S2. The van der Waals surface area contributed by atoms with Gasteiger partial charge in [-0.3, -0.25) is 10.1 Å². The van der Waals surface area contributed by atoms with Gasteiger partial charge in [0.15, 0.2) is 5.13 Å². The van der Waals surface area contributed by atoms with Crippen molar-refractivity contribution in [2.45, 2.75) is 6.61 Å². The molecule has 0 fully saturated rings. The Balaban J connectivity index is 1.41. The summed E-state index contributed by atoms with van der Waals surface area (Å²) in [5.41, 5.74) is 2.38. The number of aromatic nitrogens is 2. The number of thiazole rings is 1. The van der Waals surface area contributed by atoms with Crippen LogP contribution in [0.1, 0.15) is 15.9 Å². The maximum atomic E-state index is 12.5. The molecule has 5 nitrogen and oxygen atoms in total. The highest BCUT2D eigenvalue weighted by molar-refractivity contribution is 7.16. The van der Waals surface area contributed by atoms with E-state index >= 15 is 0 Å². The number of carbonyl (C=O) groups is 1. The largest absolute Gasteiger partial charge is 0.473 e.